The Kier molecular flexibility index (Phi) is 5.10. The lowest BCUT2D eigenvalue weighted by Crippen LogP contribution is -2.45. The predicted octanol–water partition coefficient (Wildman–Crippen LogP) is 4.59. The van der Waals surface area contributed by atoms with E-state index in [1.807, 2.05) is 12.2 Å². The molecule has 0 aromatic rings. The fourth-order valence-corrected chi connectivity index (χ4v) is 6.60. The molecule has 0 amide bonds. The van der Waals surface area contributed by atoms with Crippen molar-refractivity contribution in [3.63, 3.8) is 0 Å². The third-order valence-corrected chi connectivity index (χ3v) is 8.61. The number of fused-ring (bicyclic) bond motifs is 5. The van der Waals surface area contributed by atoms with E-state index in [2.05, 4.69) is 0 Å². The van der Waals surface area contributed by atoms with E-state index in [0.29, 0.717) is 0 Å². The van der Waals surface area contributed by atoms with Gasteiger partial charge in [0.25, 0.3) is 0 Å². The van der Waals surface area contributed by atoms with Crippen LogP contribution in [0.2, 0.25) is 0 Å². The molecule has 126 valence electrons. The van der Waals surface area contributed by atoms with Gasteiger partial charge in [-0.25, -0.2) is 0 Å². The first-order chi connectivity index (χ1) is 9.70. The number of rotatable bonds is 0. The number of alkyl halides is 5. The molecule has 1 saturated carbocycles. The highest BCUT2D eigenvalue weighted by atomic mass is 35.5. The van der Waals surface area contributed by atoms with Gasteiger partial charge in [0, 0.05) is 11.8 Å². The predicted molar refractivity (Wildman–Crippen MR) is 90.3 cm³/mol. The number of halogens is 7. The first kappa shape index (κ1) is 19.7. The van der Waals surface area contributed by atoms with Gasteiger partial charge in [-0.3, -0.25) is 9.11 Å². The van der Waals surface area contributed by atoms with E-state index in [1.165, 1.54) is 0 Å². The third-order valence-electron chi connectivity index (χ3n) is 3.90. The second-order valence-electron chi connectivity index (χ2n) is 4.95. The first-order valence-corrected chi connectivity index (χ1v) is 9.65. The van der Waals surface area contributed by atoms with Crippen molar-refractivity contribution < 1.29 is 17.5 Å². The second-order valence-corrected chi connectivity index (χ2v) is 9.63. The van der Waals surface area contributed by atoms with Crippen LogP contribution in [0.15, 0.2) is 22.2 Å². The maximum atomic E-state index is 8.74. The van der Waals surface area contributed by atoms with Crippen LogP contribution in [0.5, 0.6) is 0 Å². The average Bonchev–Trinajstić information content (AvgIpc) is 2.82. The summed E-state index contributed by atoms with van der Waals surface area (Å²) in [4.78, 5) is -2.45. The van der Waals surface area contributed by atoms with Gasteiger partial charge in [-0.2, -0.15) is 8.42 Å². The van der Waals surface area contributed by atoms with E-state index in [1.54, 1.807) is 0 Å². The molecule has 0 aromatic carbocycles. The third kappa shape index (κ3) is 2.44. The Morgan fingerprint density at radius 3 is 1.82 bits per heavy atom. The van der Waals surface area contributed by atoms with Crippen LogP contribution in [-0.2, 0) is 10.4 Å². The van der Waals surface area contributed by atoms with Crippen LogP contribution < -0.4 is 0 Å². The molecular weight excluding hydrogens is 464 g/mol. The highest BCUT2D eigenvalue weighted by molar-refractivity contribution is 7.79. The van der Waals surface area contributed by atoms with Gasteiger partial charge in [0.1, 0.15) is 9.75 Å². The zero-order chi connectivity index (χ0) is 17.3. The van der Waals surface area contributed by atoms with Crippen LogP contribution >= 0.6 is 81.2 Å². The zero-order valence-electron chi connectivity index (χ0n) is 10.2. The number of hydrogen-bond donors (Lipinski definition) is 2. The first-order valence-electron chi connectivity index (χ1n) is 5.54. The fourth-order valence-electron chi connectivity index (χ4n) is 3.08. The summed E-state index contributed by atoms with van der Waals surface area (Å²) in [6, 6.07) is 0. The zero-order valence-corrected chi connectivity index (χ0v) is 16.3. The Balaban J connectivity index is 0.000000309. The molecule has 0 saturated heterocycles. The Labute approximate surface area is 161 Å². The molecule has 1 fully saturated rings. The lowest BCUT2D eigenvalue weighted by atomic mass is 9.84. The molecule has 3 rings (SSSR count). The normalized spacial score (nSPS) is 44.9. The molecule has 0 aromatic heterocycles. The molecule has 22 heavy (non-hydrogen) atoms. The van der Waals surface area contributed by atoms with Crippen molar-refractivity contribution in [3.8, 4) is 0 Å². The maximum Gasteiger partial charge on any atom is 0.394 e. The van der Waals surface area contributed by atoms with Crippen molar-refractivity contribution in [1.82, 2.24) is 0 Å². The van der Waals surface area contributed by atoms with Crippen molar-refractivity contribution >= 4 is 91.6 Å². The van der Waals surface area contributed by atoms with E-state index in [-0.39, 0.29) is 27.3 Å². The lowest BCUT2D eigenvalue weighted by molar-refractivity contribution is 0.381. The second kappa shape index (κ2) is 5.70. The highest BCUT2D eigenvalue weighted by Crippen LogP contribution is 2.78. The summed E-state index contributed by atoms with van der Waals surface area (Å²) in [7, 11) is -4.67. The van der Waals surface area contributed by atoms with E-state index in [4.69, 9.17) is 98.7 Å². The van der Waals surface area contributed by atoms with Crippen molar-refractivity contribution in [2.75, 3.05) is 0 Å². The smallest absolute Gasteiger partial charge is 0.264 e. The Morgan fingerprint density at radius 1 is 0.955 bits per heavy atom. The monoisotopic (exact) mass is 468 g/mol. The minimum atomic E-state index is -4.67. The van der Waals surface area contributed by atoms with Crippen molar-refractivity contribution in [1.29, 1.82) is 0 Å². The van der Waals surface area contributed by atoms with Gasteiger partial charge in [0.2, 0.25) is 0 Å². The molecule has 12 heteroatoms. The quantitative estimate of drug-likeness (QED) is 0.308. The Morgan fingerprint density at radius 2 is 1.36 bits per heavy atom. The van der Waals surface area contributed by atoms with Crippen LogP contribution in [-0.4, -0.2) is 37.0 Å². The summed E-state index contributed by atoms with van der Waals surface area (Å²) in [6.45, 7) is 0. The molecule has 3 aliphatic carbocycles. The van der Waals surface area contributed by atoms with Crippen molar-refractivity contribution in [2.24, 2.45) is 11.8 Å². The molecule has 0 spiro atoms. The summed E-state index contributed by atoms with van der Waals surface area (Å²) in [5.74, 6) is -0.470. The van der Waals surface area contributed by atoms with Gasteiger partial charge in [0.05, 0.1) is 15.4 Å². The van der Waals surface area contributed by atoms with Gasteiger partial charge in [-0.1, -0.05) is 58.6 Å². The van der Waals surface area contributed by atoms with Gasteiger partial charge in [-0.15, -0.1) is 34.8 Å². The van der Waals surface area contributed by atoms with Crippen LogP contribution in [0, 0.1) is 11.8 Å². The van der Waals surface area contributed by atoms with Gasteiger partial charge in [0.15, 0.2) is 4.33 Å². The van der Waals surface area contributed by atoms with Crippen molar-refractivity contribution in [2.45, 2.75) is 19.5 Å². The lowest BCUT2D eigenvalue weighted by Gasteiger charge is -2.34. The van der Waals surface area contributed by atoms with E-state index in [9.17, 15) is 0 Å². The molecule has 4 nitrogen and oxygen atoms in total. The molecule has 0 aliphatic heterocycles. The minimum absolute atomic E-state index is 0.205. The molecule has 0 radical (unpaired) electrons. The molecule has 2 bridgehead atoms. The maximum absolute atomic E-state index is 8.74. The van der Waals surface area contributed by atoms with Crippen LogP contribution in [0.4, 0.5) is 0 Å². The number of hydrogen-bond acceptors (Lipinski definition) is 2. The molecule has 2 N–H and O–H groups in total. The van der Waals surface area contributed by atoms with E-state index < -0.39 is 24.5 Å². The molecular formula is C10H7Cl7O4S. The minimum Gasteiger partial charge on any atom is -0.264 e. The summed E-state index contributed by atoms with van der Waals surface area (Å²) >= 11 is 44.5. The largest absolute Gasteiger partial charge is 0.394 e. The van der Waals surface area contributed by atoms with Gasteiger partial charge < -0.3 is 0 Å². The van der Waals surface area contributed by atoms with Crippen LogP contribution in [0.1, 0.15) is 0 Å². The molecule has 3 aliphatic rings. The fraction of sp³-hybridized carbons (Fsp3) is 0.600. The Hall–Kier alpha value is 1.38. The standard InChI is InChI=1S/C10H5Cl7.H2O4S/c11-4-2-1-3-5(4)9(15)7(13)6(12)8(3,14)10(9,16)17;1-5(2,3)4/h1-5H;(H2,1,2,3,4). The topological polar surface area (TPSA) is 74.6 Å². The molecule has 0 heterocycles. The van der Waals surface area contributed by atoms with E-state index in [0.717, 1.165) is 0 Å². The highest BCUT2D eigenvalue weighted by Gasteiger charge is 2.83. The summed E-state index contributed by atoms with van der Waals surface area (Å²) in [6.07, 6.45) is 3.69. The van der Waals surface area contributed by atoms with Crippen LogP contribution in [0.25, 0.3) is 0 Å². The van der Waals surface area contributed by atoms with Gasteiger partial charge in [-0.05, 0) is 0 Å². The summed E-state index contributed by atoms with van der Waals surface area (Å²) < 4.78 is 30.1. The molecule has 5 atom stereocenters. The summed E-state index contributed by atoms with van der Waals surface area (Å²) in [5.41, 5.74) is 0. The van der Waals surface area contributed by atoms with Gasteiger partial charge >= 0.3 is 10.4 Å². The van der Waals surface area contributed by atoms with Crippen molar-refractivity contribution in [3.05, 3.63) is 22.2 Å². The van der Waals surface area contributed by atoms with E-state index >= 15 is 0 Å². The molecule has 5 unspecified atom stereocenters. The Bertz CT molecular complexity index is 667. The van der Waals surface area contributed by atoms with Crippen LogP contribution in [0.3, 0.4) is 0 Å². The average molecular weight is 471 g/mol. The summed E-state index contributed by atoms with van der Waals surface area (Å²) in [5, 5.41) is 0.113. The number of allylic oxidation sites excluding steroid dienone is 4. The SMILES string of the molecule is ClC1=C(Cl)C2(Cl)C3C(Cl)C=CC3C1(Cl)C2(Cl)Cl.O=S(=O)(O)O.